The van der Waals surface area contributed by atoms with Crippen LogP contribution in [0.5, 0.6) is 0 Å². The number of nitrogens with two attached hydrogens (primary N) is 1. The fourth-order valence-electron chi connectivity index (χ4n) is 1.73. The molecule has 0 saturated heterocycles. The van der Waals surface area contributed by atoms with Gasteiger partial charge in [0, 0.05) is 12.2 Å². The van der Waals surface area contributed by atoms with Crippen LogP contribution in [0.3, 0.4) is 0 Å². The van der Waals surface area contributed by atoms with E-state index < -0.39 is 0 Å². The Kier molecular flexibility index (Phi) is 4.12. The average molecular weight is 295 g/mol. The van der Waals surface area contributed by atoms with Gasteiger partial charge in [-0.2, -0.15) is 0 Å². The maximum atomic E-state index is 12.0. The van der Waals surface area contributed by atoms with E-state index in [1.54, 1.807) is 0 Å². The molecule has 3 nitrogen and oxygen atoms in total. The Morgan fingerprint density at radius 3 is 2.79 bits per heavy atom. The number of hydrogen-bond donors (Lipinski definition) is 2. The van der Waals surface area contributed by atoms with Crippen molar-refractivity contribution < 1.29 is 4.79 Å². The number of anilines is 1. The van der Waals surface area contributed by atoms with Crippen LogP contribution in [-0.2, 0) is 6.54 Å². The minimum absolute atomic E-state index is 0.148. The van der Waals surface area contributed by atoms with Gasteiger partial charge in [0.2, 0.25) is 0 Å². The molecule has 1 aromatic carbocycles. The minimum atomic E-state index is -0.148. The van der Waals surface area contributed by atoms with E-state index in [1.165, 1.54) is 11.3 Å². The van der Waals surface area contributed by atoms with Gasteiger partial charge in [-0.3, -0.25) is 4.79 Å². The zero-order valence-electron chi connectivity index (χ0n) is 10.8. The number of rotatable bonds is 3. The molecule has 0 bridgehead atoms. The number of nitrogens with one attached hydrogen (secondary N) is 1. The van der Waals surface area contributed by atoms with Gasteiger partial charge in [0.25, 0.3) is 5.91 Å². The Bertz CT molecular complexity index is 622. The predicted octanol–water partition coefficient (Wildman–Crippen LogP) is 3.53. The first-order chi connectivity index (χ1) is 9.00. The van der Waals surface area contributed by atoms with Crippen molar-refractivity contribution in [2.45, 2.75) is 20.4 Å². The monoisotopic (exact) mass is 294 g/mol. The Balaban J connectivity index is 2.09. The first-order valence-corrected chi connectivity index (χ1v) is 7.12. The lowest BCUT2D eigenvalue weighted by Crippen LogP contribution is -2.22. The normalized spacial score (nSPS) is 10.5. The zero-order valence-corrected chi connectivity index (χ0v) is 12.4. The minimum Gasteiger partial charge on any atom is -0.399 e. The van der Waals surface area contributed by atoms with E-state index in [4.69, 9.17) is 17.3 Å². The molecule has 0 aliphatic heterocycles. The lowest BCUT2D eigenvalue weighted by Gasteiger charge is -2.09. The summed E-state index contributed by atoms with van der Waals surface area (Å²) in [6.45, 7) is 4.28. The van der Waals surface area contributed by atoms with Crippen molar-refractivity contribution in [1.29, 1.82) is 0 Å². The molecule has 0 saturated carbocycles. The third-order valence-electron chi connectivity index (χ3n) is 3.03. The molecule has 0 fully saturated rings. The predicted molar refractivity (Wildman–Crippen MR) is 80.8 cm³/mol. The highest BCUT2D eigenvalue weighted by atomic mass is 35.5. The second-order valence-corrected chi connectivity index (χ2v) is 5.63. The fourth-order valence-corrected chi connectivity index (χ4v) is 2.93. The van der Waals surface area contributed by atoms with Gasteiger partial charge in [0.15, 0.2) is 0 Å². The van der Waals surface area contributed by atoms with Crippen molar-refractivity contribution in [3.63, 3.8) is 0 Å². The average Bonchev–Trinajstić information content (AvgIpc) is 2.72. The van der Waals surface area contributed by atoms with Gasteiger partial charge in [-0.25, -0.2) is 0 Å². The Hall–Kier alpha value is -1.52. The first kappa shape index (κ1) is 13.9. The quantitative estimate of drug-likeness (QED) is 0.851. The fraction of sp³-hybridized carbons (Fsp3) is 0.214. The molecular formula is C14H15ClN2OS. The molecule has 2 aromatic rings. The van der Waals surface area contributed by atoms with Gasteiger partial charge in [0.05, 0.1) is 5.02 Å². The molecule has 2 rings (SSSR count). The van der Waals surface area contributed by atoms with Crippen LogP contribution in [-0.4, -0.2) is 5.91 Å². The molecule has 19 heavy (non-hydrogen) atoms. The van der Waals surface area contributed by atoms with Gasteiger partial charge in [-0.05, 0) is 42.0 Å². The van der Waals surface area contributed by atoms with Crippen molar-refractivity contribution in [3.05, 3.63) is 50.2 Å². The van der Waals surface area contributed by atoms with Crippen molar-refractivity contribution in [3.8, 4) is 0 Å². The summed E-state index contributed by atoms with van der Waals surface area (Å²) in [5.41, 5.74) is 9.50. The van der Waals surface area contributed by atoms with E-state index in [0.29, 0.717) is 16.4 Å². The van der Waals surface area contributed by atoms with Crippen LogP contribution in [0.1, 0.15) is 26.4 Å². The number of hydrogen-bond acceptors (Lipinski definition) is 3. The summed E-state index contributed by atoms with van der Waals surface area (Å²) in [6.07, 6.45) is 0. The zero-order chi connectivity index (χ0) is 14.0. The van der Waals surface area contributed by atoms with Crippen LogP contribution in [0.15, 0.2) is 23.6 Å². The maximum absolute atomic E-state index is 12.0. The molecule has 1 amide bonds. The molecular weight excluding hydrogens is 280 g/mol. The summed E-state index contributed by atoms with van der Waals surface area (Å²) in [6, 6.07) is 5.68. The second-order valence-electron chi connectivity index (χ2n) is 4.38. The molecule has 1 heterocycles. The Morgan fingerprint density at radius 1 is 1.42 bits per heavy atom. The lowest BCUT2D eigenvalue weighted by molar-refractivity contribution is 0.0955. The van der Waals surface area contributed by atoms with E-state index in [-0.39, 0.29) is 5.91 Å². The second kappa shape index (κ2) is 5.63. The molecule has 1 aromatic heterocycles. The van der Waals surface area contributed by atoms with Crippen molar-refractivity contribution in [1.82, 2.24) is 5.32 Å². The van der Waals surface area contributed by atoms with E-state index in [1.807, 2.05) is 37.4 Å². The number of benzene rings is 1. The van der Waals surface area contributed by atoms with Crippen LogP contribution in [0.2, 0.25) is 5.02 Å². The van der Waals surface area contributed by atoms with Crippen LogP contribution in [0.25, 0.3) is 0 Å². The Labute approximate surface area is 121 Å². The van der Waals surface area contributed by atoms with Crippen molar-refractivity contribution >= 4 is 34.5 Å². The van der Waals surface area contributed by atoms with E-state index in [2.05, 4.69) is 5.32 Å². The summed E-state index contributed by atoms with van der Waals surface area (Å²) >= 11 is 7.43. The lowest BCUT2D eigenvalue weighted by atomic mass is 10.1. The third-order valence-corrected chi connectivity index (χ3v) is 4.73. The number of amides is 1. The van der Waals surface area contributed by atoms with Crippen LogP contribution in [0.4, 0.5) is 5.69 Å². The van der Waals surface area contributed by atoms with Gasteiger partial charge in [0.1, 0.15) is 4.88 Å². The highest BCUT2D eigenvalue weighted by Gasteiger charge is 2.14. The number of nitrogen functional groups attached to an aromatic ring is 1. The number of halogens is 1. The molecule has 0 aliphatic rings. The molecule has 100 valence electrons. The van der Waals surface area contributed by atoms with Gasteiger partial charge >= 0.3 is 0 Å². The third kappa shape index (κ3) is 2.91. The number of aryl methyl sites for hydroxylation is 1. The van der Waals surface area contributed by atoms with Gasteiger partial charge < -0.3 is 11.1 Å². The van der Waals surface area contributed by atoms with E-state index in [0.717, 1.165) is 22.4 Å². The molecule has 0 radical (unpaired) electrons. The molecule has 0 atom stereocenters. The van der Waals surface area contributed by atoms with E-state index >= 15 is 0 Å². The summed E-state index contributed by atoms with van der Waals surface area (Å²) in [4.78, 5) is 12.6. The van der Waals surface area contributed by atoms with Gasteiger partial charge in [-0.15, -0.1) is 11.3 Å². The summed E-state index contributed by atoms with van der Waals surface area (Å²) in [5.74, 6) is -0.148. The molecule has 5 heteroatoms. The molecule has 0 aliphatic carbocycles. The summed E-state index contributed by atoms with van der Waals surface area (Å²) < 4.78 is 0. The largest absolute Gasteiger partial charge is 0.399 e. The highest BCUT2D eigenvalue weighted by molar-refractivity contribution is 7.13. The molecule has 0 unspecified atom stereocenters. The summed E-state index contributed by atoms with van der Waals surface area (Å²) in [5, 5.41) is 5.28. The maximum Gasteiger partial charge on any atom is 0.263 e. The number of carbonyl (C=O) groups is 1. The first-order valence-electron chi connectivity index (χ1n) is 5.86. The molecule has 3 N–H and O–H groups in total. The van der Waals surface area contributed by atoms with Crippen LogP contribution >= 0.6 is 22.9 Å². The van der Waals surface area contributed by atoms with Crippen LogP contribution in [0, 0.1) is 13.8 Å². The van der Waals surface area contributed by atoms with E-state index in [9.17, 15) is 4.79 Å². The smallest absolute Gasteiger partial charge is 0.263 e. The topological polar surface area (TPSA) is 55.1 Å². The number of carbonyl (C=O) groups excluding carboxylic acids is 1. The van der Waals surface area contributed by atoms with Crippen LogP contribution < -0.4 is 11.1 Å². The number of thiophene rings is 1. The highest BCUT2D eigenvalue weighted by Crippen LogP contribution is 2.27. The van der Waals surface area contributed by atoms with Crippen molar-refractivity contribution in [2.24, 2.45) is 0 Å². The van der Waals surface area contributed by atoms with Gasteiger partial charge in [-0.1, -0.05) is 23.7 Å². The molecule has 0 spiro atoms. The van der Waals surface area contributed by atoms with Crippen molar-refractivity contribution in [2.75, 3.05) is 5.73 Å². The SMILES string of the molecule is Cc1csc(C(=O)NCc2cccc(N)c2C)c1Cl. The Morgan fingerprint density at radius 2 is 2.16 bits per heavy atom. The standard InChI is InChI=1S/C14H15ClN2OS/c1-8-7-19-13(12(8)15)14(18)17-6-10-4-3-5-11(16)9(10)2/h3-5,7H,6,16H2,1-2H3,(H,17,18). The summed E-state index contributed by atoms with van der Waals surface area (Å²) in [7, 11) is 0.